The van der Waals surface area contributed by atoms with Crippen LogP contribution in [0.5, 0.6) is 0 Å². The lowest BCUT2D eigenvalue weighted by Crippen LogP contribution is -2.37. The minimum atomic E-state index is 0.485. The SMILES string of the molecule is CC/C=C/CCCCCCCCCC1NC=CN1CCN. The first-order valence-corrected chi connectivity index (χ1v) is 8.92. The molecule has 0 aliphatic carbocycles. The van der Waals surface area contributed by atoms with Crippen molar-refractivity contribution in [3.8, 4) is 0 Å². The molecular formula is C18H35N3. The van der Waals surface area contributed by atoms with Gasteiger partial charge in [-0.3, -0.25) is 0 Å². The summed E-state index contributed by atoms with van der Waals surface area (Å²) in [7, 11) is 0. The number of nitrogens with two attached hydrogens (primary N) is 1. The van der Waals surface area contributed by atoms with E-state index in [1.54, 1.807) is 0 Å². The Morgan fingerprint density at radius 1 is 1.05 bits per heavy atom. The molecule has 21 heavy (non-hydrogen) atoms. The molecule has 0 amide bonds. The lowest BCUT2D eigenvalue weighted by molar-refractivity contribution is 0.264. The molecule has 0 fully saturated rings. The molecule has 1 unspecified atom stereocenters. The Labute approximate surface area is 131 Å². The van der Waals surface area contributed by atoms with Crippen molar-refractivity contribution in [3.05, 3.63) is 24.6 Å². The van der Waals surface area contributed by atoms with Crippen LogP contribution in [0.2, 0.25) is 0 Å². The van der Waals surface area contributed by atoms with Gasteiger partial charge in [-0.25, -0.2) is 0 Å². The fourth-order valence-corrected chi connectivity index (χ4v) is 2.85. The van der Waals surface area contributed by atoms with E-state index in [0.29, 0.717) is 6.17 Å². The van der Waals surface area contributed by atoms with Crippen molar-refractivity contribution in [2.75, 3.05) is 13.1 Å². The predicted molar refractivity (Wildman–Crippen MR) is 92.8 cm³/mol. The minimum Gasteiger partial charge on any atom is -0.370 e. The molecule has 122 valence electrons. The molecule has 0 saturated carbocycles. The summed E-state index contributed by atoms with van der Waals surface area (Å²) in [4.78, 5) is 2.32. The van der Waals surface area contributed by atoms with Gasteiger partial charge in [-0.15, -0.1) is 0 Å². The molecule has 3 heteroatoms. The van der Waals surface area contributed by atoms with Crippen LogP contribution in [0.1, 0.15) is 71.1 Å². The van der Waals surface area contributed by atoms with Gasteiger partial charge in [0, 0.05) is 25.5 Å². The molecule has 1 aliphatic heterocycles. The first-order valence-electron chi connectivity index (χ1n) is 8.92. The Kier molecular flexibility index (Phi) is 11.0. The minimum absolute atomic E-state index is 0.485. The fraction of sp³-hybridized carbons (Fsp3) is 0.778. The van der Waals surface area contributed by atoms with E-state index in [2.05, 4.69) is 35.5 Å². The third kappa shape index (κ3) is 8.82. The quantitative estimate of drug-likeness (QED) is 0.396. The molecule has 0 aromatic heterocycles. The predicted octanol–water partition coefficient (Wildman–Crippen LogP) is 4.12. The molecule has 1 rings (SSSR count). The highest BCUT2D eigenvalue weighted by molar-refractivity contribution is 4.94. The first-order chi connectivity index (χ1) is 10.4. The highest BCUT2D eigenvalue weighted by Gasteiger charge is 2.16. The number of allylic oxidation sites excluding steroid dienone is 2. The maximum absolute atomic E-state index is 5.62. The van der Waals surface area contributed by atoms with Crippen molar-refractivity contribution in [2.24, 2.45) is 5.73 Å². The number of rotatable bonds is 13. The molecule has 1 aliphatic rings. The maximum atomic E-state index is 5.62. The standard InChI is InChI=1S/C18H35N3/c1-2-3-4-5-6-7-8-9-10-11-12-13-18-20-15-17-21(18)16-14-19/h3-4,15,17-18,20H,2,5-14,16,19H2,1H3/b4-3+. The van der Waals surface area contributed by atoms with Crippen LogP contribution < -0.4 is 11.1 Å². The first kappa shape index (κ1) is 18.1. The molecule has 1 atom stereocenters. The maximum Gasteiger partial charge on any atom is 0.0981 e. The van der Waals surface area contributed by atoms with E-state index < -0.39 is 0 Å². The fourth-order valence-electron chi connectivity index (χ4n) is 2.85. The van der Waals surface area contributed by atoms with Crippen LogP contribution in [-0.2, 0) is 0 Å². The van der Waals surface area contributed by atoms with Gasteiger partial charge < -0.3 is 16.0 Å². The molecule has 0 radical (unpaired) electrons. The van der Waals surface area contributed by atoms with Crippen LogP contribution in [0.4, 0.5) is 0 Å². The average Bonchev–Trinajstić information content (AvgIpc) is 2.92. The molecule has 0 bridgehead atoms. The summed E-state index contributed by atoms with van der Waals surface area (Å²) < 4.78 is 0. The molecule has 0 spiro atoms. The summed E-state index contributed by atoms with van der Waals surface area (Å²) in [6.45, 7) is 3.89. The van der Waals surface area contributed by atoms with Crippen LogP contribution in [-0.4, -0.2) is 24.2 Å². The van der Waals surface area contributed by atoms with Crippen molar-refractivity contribution in [1.82, 2.24) is 10.2 Å². The number of hydrogen-bond acceptors (Lipinski definition) is 3. The zero-order chi connectivity index (χ0) is 15.2. The second-order valence-electron chi connectivity index (χ2n) is 5.96. The van der Waals surface area contributed by atoms with Gasteiger partial charge in [0.2, 0.25) is 0 Å². The summed E-state index contributed by atoms with van der Waals surface area (Å²) in [6, 6.07) is 0. The van der Waals surface area contributed by atoms with Gasteiger partial charge in [-0.05, 0) is 32.1 Å². The monoisotopic (exact) mass is 293 g/mol. The van der Waals surface area contributed by atoms with Gasteiger partial charge in [0.1, 0.15) is 0 Å². The van der Waals surface area contributed by atoms with Gasteiger partial charge in [-0.1, -0.05) is 51.2 Å². The molecule has 3 N–H and O–H groups in total. The van der Waals surface area contributed by atoms with E-state index in [0.717, 1.165) is 13.1 Å². The van der Waals surface area contributed by atoms with E-state index in [1.165, 1.54) is 64.2 Å². The van der Waals surface area contributed by atoms with E-state index in [-0.39, 0.29) is 0 Å². The zero-order valence-corrected chi connectivity index (χ0v) is 13.9. The Morgan fingerprint density at radius 2 is 1.76 bits per heavy atom. The molecule has 3 nitrogen and oxygen atoms in total. The third-order valence-corrected chi connectivity index (χ3v) is 4.09. The average molecular weight is 293 g/mol. The Balaban J connectivity index is 1.85. The normalized spacial score (nSPS) is 17.8. The van der Waals surface area contributed by atoms with E-state index in [4.69, 9.17) is 5.73 Å². The smallest absolute Gasteiger partial charge is 0.0981 e. The van der Waals surface area contributed by atoms with E-state index in [1.807, 2.05) is 6.20 Å². The van der Waals surface area contributed by atoms with Gasteiger partial charge in [-0.2, -0.15) is 0 Å². The molecule has 0 saturated heterocycles. The van der Waals surface area contributed by atoms with Crippen LogP contribution in [0.15, 0.2) is 24.6 Å². The molecular weight excluding hydrogens is 258 g/mol. The van der Waals surface area contributed by atoms with E-state index in [9.17, 15) is 0 Å². The highest BCUT2D eigenvalue weighted by atomic mass is 15.3. The summed E-state index contributed by atoms with van der Waals surface area (Å²) in [6.07, 6.45) is 22.6. The third-order valence-electron chi connectivity index (χ3n) is 4.09. The molecule has 0 aromatic rings. The summed E-state index contributed by atoms with van der Waals surface area (Å²) >= 11 is 0. The lowest BCUT2D eigenvalue weighted by Gasteiger charge is -2.25. The van der Waals surface area contributed by atoms with Crippen molar-refractivity contribution in [3.63, 3.8) is 0 Å². The van der Waals surface area contributed by atoms with Gasteiger partial charge >= 0.3 is 0 Å². The summed E-state index contributed by atoms with van der Waals surface area (Å²) in [5.74, 6) is 0. The van der Waals surface area contributed by atoms with E-state index >= 15 is 0 Å². The summed E-state index contributed by atoms with van der Waals surface area (Å²) in [5.41, 5.74) is 5.62. The number of nitrogens with zero attached hydrogens (tertiary/aromatic N) is 1. The van der Waals surface area contributed by atoms with Crippen LogP contribution in [0, 0.1) is 0 Å². The number of hydrogen-bond donors (Lipinski definition) is 2. The lowest BCUT2D eigenvalue weighted by atomic mass is 10.1. The summed E-state index contributed by atoms with van der Waals surface area (Å²) in [5, 5.41) is 3.41. The van der Waals surface area contributed by atoms with Crippen molar-refractivity contribution >= 4 is 0 Å². The van der Waals surface area contributed by atoms with Crippen LogP contribution >= 0.6 is 0 Å². The van der Waals surface area contributed by atoms with Crippen molar-refractivity contribution < 1.29 is 0 Å². The van der Waals surface area contributed by atoms with Crippen molar-refractivity contribution in [2.45, 2.75) is 77.3 Å². The number of unbranched alkanes of at least 4 members (excludes halogenated alkanes) is 7. The Hall–Kier alpha value is -0.960. The molecule has 0 aromatic carbocycles. The highest BCUT2D eigenvalue weighted by Crippen LogP contribution is 2.14. The van der Waals surface area contributed by atoms with Gasteiger partial charge in [0.05, 0.1) is 6.17 Å². The van der Waals surface area contributed by atoms with Gasteiger partial charge in [0.25, 0.3) is 0 Å². The largest absolute Gasteiger partial charge is 0.370 e. The van der Waals surface area contributed by atoms with Crippen LogP contribution in [0.3, 0.4) is 0 Å². The number of nitrogens with one attached hydrogen (secondary N) is 1. The Morgan fingerprint density at radius 3 is 2.48 bits per heavy atom. The second kappa shape index (κ2) is 12.8. The molecule has 1 heterocycles. The van der Waals surface area contributed by atoms with Crippen LogP contribution in [0.25, 0.3) is 0 Å². The van der Waals surface area contributed by atoms with Gasteiger partial charge in [0.15, 0.2) is 0 Å². The second-order valence-corrected chi connectivity index (χ2v) is 5.96. The van der Waals surface area contributed by atoms with Crippen molar-refractivity contribution in [1.29, 1.82) is 0 Å². The topological polar surface area (TPSA) is 41.3 Å². The zero-order valence-electron chi connectivity index (χ0n) is 13.9. The Bertz CT molecular complexity index is 286.